The zero-order valence-corrected chi connectivity index (χ0v) is 18.6. The van der Waals surface area contributed by atoms with Gasteiger partial charge in [0.2, 0.25) is 5.91 Å². The second-order valence-corrected chi connectivity index (χ2v) is 8.97. The summed E-state index contributed by atoms with van der Waals surface area (Å²) in [7, 11) is 0. The normalized spacial score (nSPS) is 18.1. The van der Waals surface area contributed by atoms with Gasteiger partial charge in [-0.05, 0) is 42.5 Å². The van der Waals surface area contributed by atoms with Crippen LogP contribution in [0.25, 0.3) is 5.65 Å². The van der Waals surface area contributed by atoms with Crippen molar-refractivity contribution in [3.8, 4) is 0 Å². The Morgan fingerprint density at radius 2 is 2.09 bits per heavy atom. The summed E-state index contributed by atoms with van der Waals surface area (Å²) in [4.78, 5) is 37.5. The third-order valence-electron chi connectivity index (χ3n) is 6.10. The lowest BCUT2D eigenvalue weighted by Gasteiger charge is -2.37. The van der Waals surface area contributed by atoms with Crippen molar-refractivity contribution in [3.63, 3.8) is 0 Å². The zero-order chi connectivity index (χ0) is 22.7. The smallest absolute Gasteiger partial charge is 0.268 e. The molecular formula is C24H30N6O2. The summed E-state index contributed by atoms with van der Waals surface area (Å²) < 4.78 is 1.74. The van der Waals surface area contributed by atoms with Gasteiger partial charge in [-0.15, -0.1) is 0 Å². The van der Waals surface area contributed by atoms with E-state index in [9.17, 15) is 9.59 Å². The molecule has 1 aliphatic heterocycles. The molecule has 2 atom stereocenters. The maximum absolute atomic E-state index is 13.9. The molecule has 3 aromatic rings. The van der Waals surface area contributed by atoms with Gasteiger partial charge in [0.1, 0.15) is 11.3 Å². The highest BCUT2D eigenvalue weighted by Gasteiger charge is 2.45. The van der Waals surface area contributed by atoms with E-state index in [1.54, 1.807) is 41.3 Å². The number of nitrogens with two attached hydrogens (primary N) is 1. The van der Waals surface area contributed by atoms with Gasteiger partial charge < -0.3 is 16.0 Å². The van der Waals surface area contributed by atoms with Gasteiger partial charge in [-0.1, -0.05) is 26.0 Å². The molecular weight excluding hydrogens is 404 g/mol. The standard InChI is InChI=1S/C24H30N6O2/c1-17(2)13-24(18-5-4-9-26-14-18,23(32)29-11-8-19(25)15-29)16-28-22(31)20-6-3-7-21-27-10-12-30(20)21/h3-7,9-10,12,14,17,19H,8,11,13,15-16,25H2,1-2H3,(H,28,31). The molecule has 1 fully saturated rings. The van der Waals surface area contributed by atoms with Gasteiger partial charge in [0.05, 0.1) is 5.41 Å². The minimum atomic E-state index is -0.926. The Morgan fingerprint density at radius 3 is 2.78 bits per heavy atom. The first kappa shape index (κ1) is 22.0. The van der Waals surface area contributed by atoms with Gasteiger partial charge >= 0.3 is 0 Å². The molecule has 0 radical (unpaired) electrons. The number of fused-ring (bicyclic) bond motifs is 1. The summed E-state index contributed by atoms with van der Waals surface area (Å²) >= 11 is 0. The van der Waals surface area contributed by atoms with Crippen molar-refractivity contribution in [2.45, 2.75) is 38.1 Å². The van der Waals surface area contributed by atoms with Crippen LogP contribution in [0.5, 0.6) is 0 Å². The first-order valence-electron chi connectivity index (χ1n) is 11.1. The van der Waals surface area contributed by atoms with Crippen molar-refractivity contribution in [1.29, 1.82) is 0 Å². The van der Waals surface area contributed by atoms with E-state index >= 15 is 0 Å². The van der Waals surface area contributed by atoms with Crippen LogP contribution in [0.3, 0.4) is 0 Å². The Labute approximate surface area is 187 Å². The lowest BCUT2D eigenvalue weighted by atomic mass is 9.73. The first-order chi connectivity index (χ1) is 15.4. The van der Waals surface area contributed by atoms with E-state index < -0.39 is 5.41 Å². The van der Waals surface area contributed by atoms with Crippen LogP contribution >= 0.6 is 0 Å². The summed E-state index contributed by atoms with van der Waals surface area (Å²) in [5.74, 6) is -0.0331. The minimum absolute atomic E-state index is 0.00621. The van der Waals surface area contributed by atoms with E-state index in [4.69, 9.17) is 5.73 Å². The van der Waals surface area contributed by atoms with Crippen LogP contribution in [0.15, 0.2) is 55.1 Å². The van der Waals surface area contributed by atoms with Gasteiger partial charge in [-0.3, -0.25) is 19.0 Å². The predicted molar refractivity (Wildman–Crippen MR) is 122 cm³/mol. The molecule has 8 heteroatoms. The Bertz CT molecular complexity index is 1100. The van der Waals surface area contributed by atoms with E-state index in [0.29, 0.717) is 30.9 Å². The van der Waals surface area contributed by atoms with Crippen LogP contribution < -0.4 is 11.1 Å². The maximum atomic E-state index is 13.9. The molecule has 1 aliphatic rings. The summed E-state index contributed by atoms with van der Waals surface area (Å²) in [6.45, 7) is 5.50. The van der Waals surface area contributed by atoms with Crippen molar-refractivity contribution in [2.75, 3.05) is 19.6 Å². The van der Waals surface area contributed by atoms with Gasteiger partial charge in [0.15, 0.2) is 0 Å². The number of pyridine rings is 2. The lowest BCUT2D eigenvalue weighted by Crippen LogP contribution is -2.53. The van der Waals surface area contributed by atoms with Crippen molar-refractivity contribution in [1.82, 2.24) is 24.6 Å². The van der Waals surface area contributed by atoms with Crippen LogP contribution in [-0.2, 0) is 10.2 Å². The Balaban J connectivity index is 1.68. The fourth-order valence-electron chi connectivity index (χ4n) is 4.65. The predicted octanol–water partition coefficient (Wildman–Crippen LogP) is 2.00. The molecule has 0 bridgehead atoms. The van der Waals surface area contributed by atoms with Gasteiger partial charge in [-0.25, -0.2) is 4.98 Å². The summed E-state index contributed by atoms with van der Waals surface area (Å²) in [5.41, 5.74) is 7.15. The number of hydrogen-bond acceptors (Lipinski definition) is 5. The number of imidazole rings is 1. The van der Waals surface area contributed by atoms with Crippen LogP contribution in [0.2, 0.25) is 0 Å². The van der Waals surface area contributed by atoms with E-state index in [0.717, 1.165) is 12.0 Å². The number of rotatable bonds is 7. The Morgan fingerprint density at radius 1 is 1.25 bits per heavy atom. The molecule has 3 N–H and O–H groups in total. The van der Waals surface area contributed by atoms with E-state index in [1.165, 1.54) is 0 Å². The monoisotopic (exact) mass is 434 g/mol. The highest BCUT2D eigenvalue weighted by molar-refractivity contribution is 5.95. The average Bonchev–Trinajstić information content (AvgIpc) is 3.45. The number of likely N-dealkylation sites (tertiary alicyclic amines) is 1. The first-order valence-corrected chi connectivity index (χ1v) is 11.1. The van der Waals surface area contributed by atoms with Crippen LogP contribution in [-0.4, -0.2) is 56.8 Å². The van der Waals surface area contributed by atoms with E-state index in [1.807, 2.05) is 23.1 Å². The maximum Gasteiger partial charge on any atom is 0.268 e. The average molecular weight is 435 g/mol. The number of aromatic nitrogens is 3. The summed E-state index contributed by atoms with van der Waals surface area (Å²) in [6.07, 6.45) is 8.20. The molecule has 32 heavy (non-hydrogen) atoms. The Kier molecular flexibility index (Phi) is 6.23. The number of carbonyl (C=O) groups is 2. The fourth-order valence-corrected chi connectivity index (χ4v) is 4.65. The number of amides is 2. The lowest BCUT2D eigenvalue weighted by molar-refractivity contribution is -0.137. The topological polar surface area (TPSA) is 106 Å². The Hall–Kier alpha value is -3.26. The third-order valence-corrected chi connectivity index (χ3v) is 6.10. The molecule has 1 saturated heterocycles. The molecule has 2 amide bonds. The molecule has 8 nitrogen and oxygen atoms in total. The fraction of sp³-hybridized carbons (Fsp3) is 0.417. The SMILES string of the molecule is CC(C)CC(CNC(=O)c1cccc2nccn12)(C(=O)N1CCC(N)C1)c1cccnc1. The zero-order valence-electron chi connectivity index (χ0n) is 18.6. The molecule has 4 heterocycles. The molecule has 0 aliphatic carbocycles. The minimum Gasteiger partial charge on any atom is -0.349 e. The highest BCUT2D eigenvalue weighted by Crippen LogP contribution is 2.34. The van der Waals surface area contributed by atoms with Gasteiger partial charge in [0, 0.05) is 50.5 Å². The van der Waals surface area contributed by atoms with Crippen LogP contribution in [0.1, 0.15) is 42.7 Å². The molecule has 0 aromatic carbocycles. The number of hydrogen-bond donors (Lipinski definition) is 2. The van der Waals surface area contributed by atoms with Crippen molar-refractivity contribution in [2.24, 2.45) is 11.7 Å². The quantitative estimate of drug-likeness (QED) is 0.592. The molecule has 2 unspecified atom stereocenters. The summed E-state index contributed by atoms with van der Waals surface area (Å²) in [6, 6.07) is 9.14. The molecule has 168 valence electrons. The van der Waals surface area contributed by atoms with Crippen molar-refractivity contribution >= 4 is 17.5 Å². The third kappa shape index (κ3) is 4.23. The molecule has 3 aromatic heterocycles. The number of nitrogens with zero attached hydrogens (tertiary/aromatic N) is 4. The molecule has 0 saturated carbocycles. The second kappa shape index (κ2) is 9.08. The van der Waals surface area contributed by atoms with Crippen molar-refractivity contribution in [3.05, 3.63) is 66.4 Å². The van der Waals surface area contributed by atoms with E-state index in [-0.39, 0.29) is 30.3 Å². The number of carbonyl (C=O) groups excluding carboxylic acids is 2. The van der Waals surface area contributed by atoms with E-state index in [2.05, 4.69) is 29.1 Å². The summed E-state index contributed by atoms with van der Waals surface area (Å²) in [5, 5.41) is 3.05. The van der Waals surface area contributed by atoms with Crippen molar-refractivity contribution < 1.29 is 9.59 Å². The molecule has 4 rings (SSSR count). The van der Waals surface area contributed by atoms with Gasteiger partial charge in [-0.2, -0.15) is 0 Å². The second-order valence-electron chi connectivity index (χ2n) is 8.97. The van der Waals surface area contributed by atoms with Gasteiger partial charge in [0.25, 0.3) is 5.91 Å². The number of nitrogens with one attached hydrogen (secondary N) is 1. The largest absolute Gasteiger partial charge is 0.349 e. The highest BCUT2D eigenvalue weighted by atomic mass is 16.2. The molecule has 0 spiro atoms. The van der Waals surface area contributed by atoms with Crippen LogP contribution in [0, 0.1) is 5.92 Å². The van der Waals surface area contributed by atoms with Crippen LogP contribution in [0.4, 0.5) is 0 Å².